The van der Waals surface area contributed by atoms with E-state index >= 15 is 4.39 Å². The molecule has 0 spiro atoms. The standard InChI is InChI=1S/C26H24B3FN8O3/c1-13(39)38-24(2,3)23(40)36(25(27,28)26(38,29)41)20-8-14(4-7-18(20)30)19-9-17(21-22(31)32-12-34-37(19)21)15-10-33-35(11-15)16-5-6-16/h4,7-12,16,41H,5-6H2,1-3H3,(H2,31,32,34). The third kappa shape index (κ3) is 3.82. The molecule has 1 unspecified atom stereocenters. The van der Waals surface area contributed by atoms with Crippen LogP contribution < -0.4 is 10.6 Å². The molecule has 1 aliphatic carbocycles. The summed E-state index contributed by atoms with van der Waals surface area (Å²) in [4.78, 5) is 31.7. The number of halogens is 1. The average molecular weight is 548 g/mol. The lowest BCUT2D eigenvalue weighted by molar-refractivity contribution is -0.174. The lowest BCUT2D eigenvalue weighted by atomic mass is 9.46. The monoisotopic (exact) mass is 548 g/mol. The zero-order valence-corrected chi connectivity index (χ0v) is 22.6. The highest BCUT2D eigenvalue weighted by Crippen LogP contribution is 2.44. The van der Waals surface area contributed by atoms with Crippen LogP contribution in [-0.2, 0) is 9.59 Å². The number of piperazine rings is 1. The number of benzene rings is 1. The molecule has 0 bridgehead atoms. The fraction of sp³-hybridized carbons (Fsp3) is 0.346. The van der Waals surface area contributed by atoms with Crippen LogP contribution in [0, 0.1) is 5.82 Å². The molecule has 1 aromatic carbocycles. The number of aliphatic hydroxyl groups is 1. The van der Waals surface area contributed by atoms with E-state index < -0.39 is 34.1 Å². The number of rotatable bonds is 4. The van der Waals surface area contributed by atoms with Gasteiger partial charge in [-0.2, -0.15) is 10.2 Å². The van der Waals surface area contributed by atoms with Gasteiger partial charge in [-0.05, 0) is 51.0 Å². The zero-order chi connectivity index (χ0) is 29.6. The predicted molar refractivity (Wildman–Crippen MR) is 151 cm³/mol. The third-order valence-corrected chi connectivity index (χ3v) is 7.80. The van der Waals surface area contributed by atoms with Crippen molar-refractivity contribution < 1.29 is 19.1 Å². The number of hydrogen-bond acceptors (Lipinski definition) is 7. The first kappa shape index (κ1) is 27.1. The van der Waals surface area contributed by atoms with Gasteiger partial charge in [-0.1, -0.05) is 0 Å². The van der Waals surface area contributed by atoms with Gasteiger partial charge in [-0.25, -0.2) is 13.9 Å². The first-order valence-corrected chi connectivity index (χ1v) is 12.9. The molecule has 41 heavy (non-hydrogen) atoms. The Bertz CT molecular complexity index is 1750. The highest BCUT2D eigenvalue weighted by Gasteiger charge is 2.61. The van der Waals surface area contributed by atoms with Crippen LogP contribution in [-0.4, -0.2) is 86.2 Å². The van der Waals surface area contributed by atoms with Crippen molar-refractivity contribution in [1.29, 1.82) is 0 Å². The summed E-state index contributed by atoms with van der Waals surface area (Å²) in [6.07, 6.45) is 7.07. The Kier molecular flexibility index (Phi) is 5.73. The van der Waals surface area contributed by atoms with E-state index in [0.29, 0.717) is 38.2 Å². The molecule has 1 atom stereocenters. The van der Waals surface area contributed by atoms with Crippen LogP contribution >= 0.6 is 0 Å². The number of carbonyl (C=O) groups excluding carboxylic acids is 2. The van der Waals surface area contributed by atoms with Gasteiger partial charge in [0.25, 0.3) is 5.91 Å². The molecule has 15 heteroatoms. The van der Waals surface area contributed by atoms with E-state index in [9.17, 15) is 14.7 Å². The molecular formula is C26H24B3FN8O3. The first-order chi connectivity index (χ1) is 19.2. The second-order valence-electron chi connectivity index (χ2n) is 11.1. The Balaban J connectivity index is 1.52. The Morgan fingerprint density at radius 2 is 1.85 bits per heavy atom. The number of aromatic nitrogens is 5. The van der Waals surface area contributed by atoms with Gasteiger partial charge < -0.3 is 20.6 Å². The largest absolute Gasteiger partial charge is 0.382 e. The fourth-order valence-electron chi connectivity index (χ4n) is 5.60. The van der Waals surface area contributed by atoms with Gasteiger partial charge in [0.05, 0.1) is 39.3 Å². The number of carbonyl (C=O) groups is 2. The van der Waals surface area contributed by atoms with Crippen LogP contribution in [0.2, 0.25) is 0 Å². The maximum absolute atomic E-state index is 15.5. The third-order valence-electron chi connectivity index (χ3n) is 7.80. The second-order valence-corrected chi connectivity index (χ2v) is 11.1. The minimum Gasteiger partial charge on any atom is -0.382 e. The van der Waals surface area contributed by atoms with Crippen molar-refractivity contribution in [3.05, 3.63) is 48.8 Å². The van der Waals surface area contributed by atoms with E-state index in [1.165, 1.54) is 32.3 Å². The van der Waals surface area contributed by atoms with Crippen molar-refractivity contribution in [2.75, 3.05) is 10.6 Å². The number of amides is 2. The van der Waals surface area contributed by atoms with Gasteiger partial charge in [0, 0.05) is 35.1 Å². The summed E-state index contributed by atoms with van der Waals surface area (Å²) in [6, 6.07) is 6.13. The van der Waals surface area contributed by atoms with Crippen LogP contribution in [0.4, 0.5) is 15.9 Å². The smallest absolute Gasteiger partial charge is 0.251 e. The van der Waals surface area contributed by atoms with Crippen molar-refractivity contribution in [2.45, 2.75) is 56.2 Å². The summed E-state index contributed by atoms with van der Waals surface area (Å²) in [7, 11) is 18.6. The number of nitrogens with two attached hydrogens (primary N) is 1. The maximum Gasteiger partial charge on any atom is 0.251 e. The normalized spacial score (nSPS) is 21.9. The number of anilines is 2. The summed E-state index contributed by atoms with van der Waals surface area (Å²) in [6.45, 7) is 3.82. The van der Waals surface area contributed by atoms with Crippen molar-refractivity contribution in [2.24, 2.45) is 0 Å². The summed E-state index contributed by atoms with van der Waals surface area (Å²) >= 11 is 0. The first-order valence-electron chi connectivity index (χ1n) is 12.9. The van der Waals surface area contributed by atoms with Crippen LogP contribution in [0.3, 0.4) is 0 Å². The topological polar surface area (TPSA) is 135 Å². The Morgan fingerprint density at radius 1 is 1.15 bits per heavy atom. The SMILES string of the molecule is [B]C1([B])N(c2cc(-c3cc(-c4cnn(C5CC5)c4)c4c(N)ncnn34)ccc2F)C(=O)C(C)(C)N(C(C)=O)C1([B])O. The quantitative estimate of drug-likeness (QED) is 0.365. The van der Waals surface area contributed by atoms with E-state index in [1.807, 2.05) is 16.9 Å². The van der Waals surface area contributed by atoms with Crippen LogP contribution in [0.1, 0.15) is 39.7 Å². The summed E-state index contributed by atoms with van der Waals surface area (Å²) in [5.74, 6) is -2.26. The van der Waals surface area contributed by atoms with Crippen LogP contribution in [0.15, 0.2) is 43.0 Å². The molecule has 4 heterocycles. The van der Waals surface area contributed by atoms with Gasteiger partial charge in [-0.15, -0.1) is 0 Å². The molecule has 3 N–H and O–H groups in total. The molecule has 6 radical (unpaired) electrons. The van der Waals surface area contributed by atoms with E-state index in [0.717, 1.165) is 31.4 Å². The van der Waals surface area contributed by atoms with Gasteiger partial charge in [-0.3, -0.25) is 14.3 Å². The number of nitrogens with zero attached hydrogens (tertiary/aromatic N) is 7. The van der Waals surface area contributed by atoms with Crippen molar-refractivity contribution in [3.8, 4) is 22.4 Å². The van der Waals surface area contributed by atoms with Crippen LogP contribution in [0.5, 0.6) is 0 Å². The number of fused-ring (bicyclic) bond motifs is 1. The minimum atomic E-state index is -2.77. The van der Waals surface area contributed by atoms with E-state index in [1.54, 1.807) is 10.7 Å². The molecule has 1 saturated heterocycles. The number of nitrogen functional groups attached to an aromatic ring is 1. The molecule has 11 nitrogen and oxygen atoms in total. The molecule has 2 fully saturated rings. The van der Waals surface area contributed by atoms with Gasteiger partial charge >= 0.3 is 0 Å². The van der Waals surface area contributed by atoms with Gasteiger partial charge in [0.2, 0.25) is 5.91 Å². The summed E-state index contributed by atoms with van der Waals surface area (Å²) in [5.41, 5.74) is 4.30. The summed E-state index contributed by atoms with van der Waals surface area (Å²) in [5, 5.41) is 17.4. The van der Waals surface area contributed by atoms with Crippen LogP contribution in [0.25, 0.3) is 27.9 Å². The molecule has 6 rings (SSSR count). The van der Waals surface area contributed by atoms with Crippen molar-refractivity contribution >= 4 is 52.4 Å². The molecule has 1 aliphatic heterocycles. The molecule has 3 aromatic heterocycles. The van der Waals surface area contributed by atoms with Crippen molar-refractivity contribution in [3.63, 3.8) is 0 Å². The average Bonchev–Trinajstić information content (AvgIpc) is 3.48. The molecule has 4 aromatic rings. The second kappa shape index (κ2) is 8.69. The van der Waals surface area contributed by atoms with Crippen molar-refractivity contribution in [1.82, 2.24) is 29.3 Å². The van der Waals surface area contributed by atoms with Gasteiger partial charge in [0.15, 0.2) is 5.82 Å². The Morgan fingerprint density at radius 3 is 2.51 bits per heavy atom. The van der Waals surface area contributed by atoms with E-state index in [-0.39, 0.29) is 11.5 Å². The Hall–Kier alpha value is -4.13. The highest BCUT2D eigenvalue weighted by molar-refractivity contribution is 6.49. The zero-order valence-electron chi connectivity index (χ0n) is 22.6. The highest BCUT2D eigenvalue weighted by atomic mass is 19.1. The molecule has 2 aliphatic rings. The lowest BCUT2D eigenvalue weighted by Gasteiger charge is -2.63. The molecule has 1 saturated carbocycles. The fourth-order valence-corrected chi connectivity index (χ4v) is 5.60. The van der Waals surface area contributed by atoms with Gasteiger partial charge in [0.1, 0.15) is 36.7 Å². The lowest BCUT2D eigenvalue weighted by Crippen LogP contribution is -2.85. The number of hydrogen-bond donors (Lipinski definition) is 2. The summed E-state index contributed by atoms with van der Waals surface area (Å²) < 4.78 is 19.0. The van der Waals surface area contributed by atoms with E-state index in [2.05, 4.69) is 15.2 Å². The van der Waals surface area contributed by atoms with E-state index in [4.69, 9.17) is 29.3 Å². The molecule has 2 amide bonds. The predicted octanol–water partition coefficient (Wildman–Crippen LogP) is 1.10. The molecular weight excluding hydrogens is 524 g/mol. The molecule has 202 valence electrons. The minimum absolute atomic E-state index is 0.219. The Labute approximate surface area is 238 Å². The maximum atomic E-state index is 15.5.